The molecule has 1 amide bonds. The SMILES string of the molecule is CC1(C)CNC1C(=O)Nc1c(-c2ccccc2)[nH]c2ccccc12. The van der Waals surface area contributed by atoms with E-state index in [4.69, 9.17) is 0 Å². The molecule has 4 nitrogen and oxygen atoms in total. The summed E-state index contributed by atoms with van der Waals surface area (Å²) in [5.74, 6) is 0.0215. The van der Waals surface area contributed by atoms with E-state index >= 15 is 0 Å². The van der Waals surface area contributed by atoms with Crippen molar-refractivity contribution in [3.8, 4) is 11.3 Å². The van der Waals surface area contributed by atoms with Crippen LogP contribution in [0.3, 0.4) is 0 Å². The van der Waals surface area contributed by atoms with Gasteiger partial charge in [-0.3, -0.25) is 4.79 Å². The first-order valence-corrected chi connectivity index (χ1v) is 8.27. The molecule has 2 heterocycles. The van der Waals surface area contributed by atoms with E-state index in [0.717, 1.165) is 34.4 Å². The monoisotopic (exact) mass is 319 g/mol. The van der Waals surface area contributed by atoms with Crippen molar-refractivity contribution < 1.29 is 4.79 Å². The number of benzene rings is 2. The molecule has 1 aliphatic heterocycles. The van der Waals surface area contributed by atoms with Gasteiger partial charge >= 0.3 is 0 Å². The van der Waals surface area contributed by atoms with Crippen molar-refractivity contribution in [2.24, 2.45) is 5.41 Å². The average Bonchev–Trinajstić information content (AvgIpc) is 2.93. The Morgan fingerprint density at radius 1 is 1.08 bits per heavy atom. The topological polar surface area (TPSA) is 56.9 Å². The molecule has 1 aromatic heterocycles. The van der Waals surface area contributed by atoms with Gasteiger partial charge in [-0.15, -0.1) is 0 Å². The van der Waals surface area contributed by atoms with Crippen molar-refractivity contribution >= 4 is 22.5 Å². The average molecular weight is 319 g/mol. The highest BCUT2D eigenvalue weighted by Crippen LogP contribution is 2.36. The van der Waals surface area contributed by atoms with Gasteiger partial charge in [-0.05, 0) is 6.07 Å². The number of rotatable bonds is 3. The summed E-state index contributed by atoms with van der Waals surface area (Å²) < 4.78 is 0. The van der Waals surface area contributed by atoms with Crippen molar-refractivity contribution in [3.05, 3.63) is 54.6 Å². The number of aromatic amines is 1. The lowest BCUT2D eigenvalue weighted by molar-refractivity contribution is -0.124. The van der Waals surface area contributed by atoms with Gasteiger partial charge in [0.15, 0.2) is 0 Å². The quantitative estimate of drug-likeness (QED) is 0.688. The third-order valence-electron chi connectivity index (χ3n) is 4.82. The number of fused-ring (bicyclic) bond motifs is 1. The Hall–Kier alpha value is -2.59. The lowest BCUT2D eigenvalue weighted by Gasteiger charge is -2.44. The minimum absolute atomic E-state index is 0.0108. The number of nitrogens with one attached hydrogen (secondary N) is 3. The number of carbonyl (C=O) groups is 1. The number of amides is 1. The van der Waals surface area contributed by atoms with Gasteiger partial charge in [0.1, 0.15) is 0 Å². The van der Waals surface area contributed by atoms with E-state index in [1.165, 1.54) is 0 Å². The predicted octanol–water partition coefficient (Wildman–Crippen LogP) is 3.77. The molecule has 3 aromatic rings. The van der Waals surface area contributed by atoms with Crippen LogP contribution >= 0.6 is 0 Å². The Morgan fingerprint density at radius 2 is 1.79 bits per heavy atom. The Balaban J connectivity index is 1.77. The van der Waals surface area contributed by atoms with Crippen LogP contribution in [0.25, 0.3) is 22.2 Å². The third-order valence-corrected chi connectivity index (χ3v) is 4.82. The zero-order chi connectivity index (χ0) is 16.7. The molecule has 4 heteroatoms. The van der Waals surface area contributed by atoms with Crippen LogP contribution in [0.4, 0.5) is 5.69 Å². The van der Waals surface area contributed by atoms with Crippen LogP contribution < -0.4 is 10.6 Å². The number of H-pyrrole nitrogens is 1. The summed E-state index contributed by atoms with van der Waals surface area (Å²) in [6.45, 7) is 5.09. The van der Waals surface area contributed by atoms with Crippen molar-refractivity contribution in [1.29, 1.82) is 0 Å². The summed E-state index contributed by atoms with van der Waals surface area (Å²) in [6, 6.07) is 18.0. The fourth-order valence-corrected chi connectivity index (χ4v) is 3.35. The number of aromatic nitrogens is 1. The van der Waals surface area contributed by atoms with E-state index in [1.807, 2.05) is 54.6 Å². The molecular formula is C20H21N3O. The summed E-state index contributed by atoms with van der Waals surface area (Å²) in [6.07, 6.45) is 0. The first-order chi connectivity index (χ1) is 11.6. The van der Waals surface area contributed by atoms with E-state index < -0.39 is 0 Å². The van der Waals surface area contributed by atoms with E-state index in [2.05, 4.69) is 29.5 Å². The molecule has 0 spiro atoms. The predicted molar refractivity (Wildman–Crippen MR) is 97.9 cm³/mol. The number of para-hydroxylation sites is 1. The smallest absolute Gasteiger partial charge is 0.242 e. The molecule has 1 unspecified atom stereocenters. The van der Waals surface area contributed by atoms with Crippen LogP contribution in [-0.2, 0) is 4.79 Å². The van der Waals surface area contributed by atoms with Crippen LogP contribution in [0.5, 0.6) is 0 Å². The maximum atomic E-state index is 12.7. The largest absolute Gasteiger partial charge is 0.353 e. The number of hydrogen-bond donors (Lipinski definition) is 3. The van der Waals surface area contributed by atoms with Gasteiger partial charge in [0, 0.05) is 28.4 Å². The Bertz CT molecular complexity index is 896. The van der Waals surface area contributed by atoms with Gasteiger partial charge < -0.3 is 15.6 Å². The minimum Gasteiger partial charge on any atom is -0.353 e. The molecule has 1 aliphatic rings. The molecule has 1 atom stereocenters. The lowest BCUT2D eigenvalue weighted by atomic mass is 9.77. The summed E-state index contributed by atoms with van der Waals surface area (Å²) in [5.41, 5.74) is 3.87. The lowest BCUT2D eigenvalue weighted by Crippen LogP contribution is -2.64. The maximum Gasteiger partial charge on any atom is 0.242 e. The second-order valence-corrected chi connectivity index (χ2v) is 7.08. The Kier molecular flexibility index (Phi) is 3.43. The highest BCUT2D eigenvalue weighted by molar-refractivity contribution is 6.09. The molecule has 122 valence electrons. The zero-order valence-electron chi connectivity index (χ0n) is 13.9. The van der Waals surface area contributed by atoms with E-state index in [1.54, 1.807) is 0 Å². The van der Waals surface area contributed by atoms with Crippen molar-refractivity contribution in [3.63, 3.8) is 0 Å². The summed E-state index contributed by atoms with van der Waals surface area (Å²) in [4.78, 5) is 16.2. The third kappa shape index (κ3) is 2.39. The molecule has 1 fully saturated rings. The normalized spacial score (nSPS) is 19.0. The summed E-state index contributed by atoms with van der Waals surface area (Å²) in [5, 5.41) is 7.42. The van der Waals surface area contributed by atoms with Crippen LogP contribution in [0, 0.1) is 5.41 Å². The van der Waals surface area contributed by atoms with Gasteiger partial charge in [-0.1, -0.05) is 62.4 Å². The molecule has 3 N–H and O–H groups in total. The van der Waals surface area contributed by atoms with E-state index in [-0.39, 0.29) is 17.4 Å². The molecule has 24 heavy (non-hydrogen) atoms. The second-order valence-electron chi connectivity index (χ2n) is 7.08. The standard InChI is InChI=1S/C20H21N3O/c1-20(2)12-21-18(20)19(24)23-17-14-10-6-7-11-15(14)22-16(17)13-8-4-3-5-9-13/h3-11,18,21-22H,12H2,1-2H3,(H,23,24). The number of hydrogen-bond acceptors (Lipinski definition) is 2. The molecular weight excluding hydrogens is 298 g/mol. The van der Waals surface area contributed by atoms with E-state index in [9.17, 15) is 4.79 Å². The molecule has 0 saturated carbocycles. The van der Waals surface area contributed by atoms with Crippen molar-refractivity contribution in [2.75, 3.05) is 11.9 Å². The molecule has 4 rings (SSSR count). The molecule has 2 aromatic carbocycles. The first-order valence-electron chi connectivity index (χ1n) is 8.27. The molecule has 0 bridgehead atoms. The van der Waals surface area contributed by atoms with Gasteiger partial charge in [0.05, 0.1) is 17.4 Å². The minimum atomic E-state index is -0.158. The summed E-state index contributed by atoms with van der Waals surface area (Å²) in [7, 11) is 0. The van der Waals surface area contributed by atoms with E-state index in [0.29, 0.717) is 0 Å². The maximum absolute atomic E-state index is 12.7. The highest BCUT2D eigenvalue weighted by Gasteiger charge is 2.43. The second kappa shape index (κ2) is 5.49. The van der Waals surface area contributed by atoms with Gasteiger partial charge in [-0.2, -0.15) is 0 Å². The fraction of sp³-hybridized carbons (Fsp3) is 0.250. The number of carbonyl (C=O) groups excluding carboxylic acids is 1. The van der Waals surface area contributed by atoms with Crippen molar-refractivity contribution in [1.82, 2.24) is 10.3 Å². The molecule has 1 saturated heterocycles. The van der Waals surface area contributed by atoms with Crippen LogP contribution in [-0.4, -0.2) is 23.5 Å². The van der Waals surface area contributed by atoms with Gasteiger partial charge in [-0.25, -0.2) is 0 Å². The van der Waals surface area contributed by atoms with Gasteiger partial charge in [0.25, 0.3) is 0 Å². The van der Waals surface area contributed by atoms with Crippen LogP contribution in [0.1, 0.15) is 13.8 Å². The molecule has 0 aliphatic carbocycles. The zero-order valence-corrected chi connectivity index (χ0v) is 13.9. The molecule has 0 radical (unpaired) electrons. The summed E-state index contributed by atoms with van der Waals surface area (Å²) >= 11 is 0. The Labute approximate surface area is 141 Å². The van der Waals surface area contributed by atoms with Gasteiger partial charge in [0.2, 0.25) is 5.91 Å². The highest BCUT2D eigenvalue weighted by atomic mass is 16.2. The Morgan fingerprint density at radius 3 is 2.46 bits per heavy atom. The number of anilines is 1. The van der Waals surface area contributed by atoms with Crippen molar-refractivity contribution in [2.45, 2.75) is 19.9 Å². The first kappa shape index (κ1) is 15.0. The van der Waals surface area contributed by atoms with Crippen LogP contribution in [0.15, 0.2) is 54.6 Å². The fourth-order valence-electron chi connectivity index (χ4n) is 3.35. The van der Waals surface area contributed by atoms with Crippen LogP contribution in [0.2, 0.25) is 0 Å².